The highest BCUT2D eigenvalue weighted by molar-refractivity contribution is 9.10. The Morgan fingerprint density at radius 1 is 1.14 bits per heavy atom. The Morgan fingerprint density at radius 2 is 1.95 bits per heavy atom. The number of benzene rings is 2. The van der Waals surface area contributed by atoms with Gasteiger partial charge in [0.2, 0.25) is 0 Å². The molecule has 0 aliphatic carbocycles. The van der Waals surface area contributed by atoms with Crippen LogP contribution in [0.1, 0.15) is 29.0 Å². The molecule has 0 saturated heterocycles. The highest BCUT2D eigenvalue weighted by atomic mass is 79.9. The molecule has 3 heteroatoms. The van der Waals surface area contributed by atoms with Crippen LogP contribution in [-0.2, 0) is 0 Å². The van der Waals surface area contributed by atoms with Crippen molar-refractivity contribution in [3.8, 4) is 0 Å². The van der Waals surface area contributed by atoms with Crippen LogP contribution in [0.15, 0.2) is 52.3 Å². The van der Waals surface area contributed by atoms with E-state index in [1.807, 2.05) is 0 Å². The summed E-state index contributed by atoms with van der Waals surface area (Å²) in [6.07, 6.45) is 0. The molecule has 1 aromatic heterocycles. The lowest BCUT2D eigenvalue weighted by molar-refractivity contribution is 0.639. The van der Waals surface area contributed by atoms with Crippen molar-refractivity contribution in [1.82, 2.24) is 5.32 Å². The molecule has 0 aliphatic rings. The Morgan fingerprint density at radius 3 is 2.67 bits per heavy atom. The van der Waals surface area contributed by atoms with E-state index in [1.165, 1.54) is 31.2 Å². The molecule has 0 saturated carbocycles. The number of rotatable bonds is 4. The third-order valence-corrected chi connectivity index (χ3v) is 5.73. The first-order chi connectivity index (χ1) is 10.2. The summed E-state index contributed by atoms with van der Waals surface area (Å²) in [5.41, 5.74) is 2.72. The summed E-state index contributed by atoms with van der Waals surface area (Å²) in [5.74, 6) is 0. The van der Waals surface area contributed by atoms with E-state index in [1.54, 1.807) is 11.3 Å². The summed E-state index contributed by atoms with van der Waals surface area (Å²) in [6.45, 7) is 5.31. The third-order valence-electron chi connectivity index (χ3n) is 3.79. The van der Waals surface area contributed by atoms with Gasteiger partial charge in [0.25, 0.3) is 0 Å². The first-order valence-electron chi connectivity index (χ1n) is 7.17. The third kappa shape index (κ3) is 2.78. The zero-order valence-electron chi connectivity index (χ0n) is 12.2. The minimum atomic E-state index is 0.232. The number of hydrogen-bond donors (Lipinski definition) is 1. The van der Waals surface area contributed by atoms with Crippen molar-refractivity contribution in [1.29, 1.82) is 0 Å². The molecule has 3 aromatic rings. The average molecular weight is 360 g/mol. The maximum atomic E-state index is 3.69. The molecule has 1 unspecified atom stereocenters. The molecule has 0 spiro atoms. The Labute approximate surface area is 138 Å². The van der Waals surface area contributed by atoms with Crippen LogP contribution in [0.5, 0.6) is 0 Å². The van der Waals surface area contributed by atoms with Gasteiger partial charge in [-0.2, -0.15) is 0 Å². The second-order valence-corrected chi connectivity index (χ2v) is 6.94. The topological polar surface area (TPSA) is 12.0 Å². The zero-order chi connectivity index (χ0) is 14.8. The smallest absolute Gasteiger partial charge is 0.0691 e. The van der Waals surface area contributed by atoms with Gasteiger partial charge in [-0.3, -0.25) is 0 Å². The van der Waals surface area contributed by atoms with Gasteiger partial charge in [0.05, 0.1) is 6.04 Å². The lowest BCUT2D eigenvalue weighted by atomic mass is 9.93. The fourth-order valence-electron chi connectivity index (χ4n) is 2.83. The molecule has 0 fully saturated rings. The molecule has 1 N–H and O–H groups in total. The van der Waals surface area contributed by atoms with E-state index in [2.05, 4.69) is 82.9 Å². The van der Waals surface area contributed by atoms with Crippen LogP contribution in [-0.4, -0.2) is 6.54 Å². The second-order valence-electron chi connectivity index (χ2n) is 5.14. The maximum Gasteiger partial charge on any atom is 0.0691 e. The Balaban J connectivity index is 2.24. The van der Waals surface area contributed by atoms with Crippen LogP contribution in [0.2, 0.25) is 0 Å². The van der Waals surface area contributed by atoms with Gasteiger partial charge in [-0.1, -0.05) is 43.3 Å². The van der Waals surface area contributed by atoms with E-state index in [4.69, 9.17) is 0 Å². The standard InChI is InChI=1S/C18H18BrNS/c1-3-20-17(18-15(19)10-11-21-18)16-12(2)8-9-13-6-4-5-7-14(13)16/h4-11,17,20H,3H2,1-2H3. The monoisotopic (exact) mass is 359 g/mol. The van der Waals surface area contributed by atoms with Crippen molar-refractivity contribution in [2.45, 2.75) is 19.9 Å². The minimum Gasteiger partial charge on any atom is -0.306 e. The van der Waals surface area contributed by atoms with Gasteiger partial charge in [0.15, 0.2) is 0 Å². The summed E-state index contributed by atoms with van der Waals surface area (Å²) >= 11 is 5.49. The number of nitrogens with one attached hydrogen (secondary N) is 1. The molecule has 1 atom stereocenters. The van der Waals surface area contributed by atoms with Crippen molar-refractivity contribution in [3.63, 3.8) is 0 Å². The normalized spacial score (nSPS) is 12.7. The van der Waals surface area contributed by atoms with Gasteiger partial charge in [0.1, 0.15) is 0 Å². The maximum absolute atomic E-state index is 3.69. The molecule has 1 nitrogen and oxygen atoms in total. The number of halogens is 1. The first-order valence-corrected chi connectivity index (χ1v) is 8.84. The molecule has 21 heavy (non-hydrogen) atoms. The summed E-state index contributed by atoms with van der Waals surface area (Å²) in [7, 11) is 0. The molecule has 0 radical (unpaired) electrons. The molecule has 0 bridgehead atoms. The molecular formula is C18H18BrNS. The average Bonchev–Trinajstić information content (AvgIpc) is 2.91. The van der Waals surface area contributed by atoms with Crippen molar-refractivity contribution >= 4 is 38.0 Å². The van der Waals surface area contributed by atoms with Crippen LogP contribution in [0, 0.1) is 6.92 Å². The molecule has 1 heterocycles. The predicted octanol–water partition coefficient (Wildman–Crippen LogP) is 5.67. The van der Waals surface area contributed by atoms with Crippen LogP contribution >= 0.6 is 27.3 Å². The zero-order valence-corrected chi connectivity index (χ0v) is 14.6. The summed E-state index contributed by atoms with van der Waals surface area (Å²) in [4.78, 5) is 1.34. The molecule has 3 rings (SSSR count). The van der Waals surface area contributed by atoms with Crippen LogP contribution in [0.3, 0.4) is 0 Å². The molecule has 2 aromatic carbocycles. The Kier molecular flexibility index (Phi) is 4.43. The van der Waals surface area contributed by atoms with Gasteiger partial charge < -0.3 is 5.32 Å². The van der Waals surface area contributed by atoms with Crippen molar-refractivity contribution in [2.24, 2.45) is 0 Å². The van der Waals surface area contributed by atoms with Crippen molar-refractivity contribution in [3.05, 3.63) is 68.3 Å². The molecule has 0 aliphatic heterocycles. The Bertz CT molecular complexity index is 763. The van der Waals surface area contributed by atoms with E-state index >= 15 is 0 Å². The Hall–Kier alpha value is -1.16. The fourth-order valence-corrected chi connectivity index (χ4v) is 4.51. The van der Waals surface area contributed by atoms with E-state index in [0.717, 1.165) is 6.54 Å². The fraction of sp³-hybridized carbons (Fsp3) is 0.222. The lowest BCUT2D eigenvalue weighted by Crippen LogP contribution is -2.22. The van der Waals surface area contributed by atoms with Gasteiger partial charge in [-0.25, -0.2) is 0 Å². The number of thiophene rings is 1. The number of fused-ring (bicyclic) bond motifs is 1. The minimum absolute atomic E-state index is 0.232. The second kappa shape index (κ2) is 6.30. The largest absolute Gasteiger partial charge is 0.306 e. The lowest BCUT2D eigenvalue weighted by Gasteiger charge is -2.22. The van der Waals surface area contributed by atoms with Gasteiger partial charge in [-0.05, 0) is 62.7 Å². The highest BCUT2D eigenvalue weighted by Gasteiger charge is 2.21. The van der Waals surface area contributed by atoms with Gasteiger partial charge in [0, 0.05) is 9.35 Å². The van der Waals surface area contributed by atoms with Crippen LogP contribution in [0.25, 0.3) is 10.8 Å². The predicted molar refractivity (Wildman–Crippen MR) is 96.2 cm³/mol. The van der Waals surface area contributed by atoms with Crippen LogP contribution < -0.4 is 5.32 Å². The van der Waals surface area contributed by atoms with Crippen molar-refractivity contribution < 1.29 is 0 Å². The van der Waals surface area contributed by atoms with E-state index in [0.29, 0.717) is 0 Å². The summed E-state index contributed by atoms with van der Waals surface area (Å²) < 4.78 is 1.19. The molecule has 0 amide bonds. The first kappa shape index (κ1) is 14.8. The number of hydrogen-bond acceptors (Lipinski definition) is 2. The van der Waals surface area contributed by atoms with E-state index < -0.39 is 0 Å². The van der Waals surface area contributed by atoms with Crippen molar-refractivity contribution in [2.75, 3.05) is 6.54 Å². The SMILES string of the molecule is CCNC(c1sccc1Br)c1c(C)ccc2ccccc12. The number of aryl methyl sites for hydroxylation is 1. The van der Waals surface area contributed by atoms with E-state index in [9.17, 15) is 0 Å². The van der Waals surface area contributed by atoms with Gasteiger partial charge in [-0.15, -0.1) is 11.3 Å². The summed E-state index contributed by atoms with van der Waals surface area (Å²) in [5, 5.41) is 8.44. The molecule has 108 valence electrons. The molecular weight excluding hydrogens is 342 g/mol. The van der Waals surface area contributed by atoms with Gasteiger partial charge >= 0.3 is 0 Å². The van der Waals surface area contributed by atoms with Crippen LogP contribution in [0.4, 0.5) is 0 Å². The highest BCUT2D eigenvalue weighted by Crippen LogP contribution is 2.37. The quantitative estimate of drug-likeness (QED) is 0.632. The van der Waals surface area contributed by atoms with E-state index in [-0.39, 0.29) is 6.04 Å². The summed E-state index contributed by atoms with van der Waals surface area (Å²) in [6, 6.07) is 15.4.